The molecule has 3 unspecified atom stereocenters. The van der Waals surface area contributed by atoms with Gasteiger partial charge in [0.2, 0.25) is 0 Å². The highest BCUT2D eigenvalue weighted by atomic mass is 16.5. The van der Waals surface area contributed by atoms with Crippen LogP contribution in [0.25, 0.3) is 0 Å². The fourth-order valence-electron chi connectivity index (χ4n) is 3.64. The predicted octanol–water partition coefficient (Wildman–Crippen LogP) is 3.06. The van der Waals surface area contributed by atoms with Crippen LogP contribution in [-0.4, -0.2) is 24.4 Å². The van der Waals surface area contributed by atoms with Gasteiger partial charge in [0.05, 0.1) is 24.9 Å². The predicted molar refractivity (Wildman–Crippen MR) is 85.9 cm³/mol. The minimum absolute atomic E-state index is 0.108. The van der Waals surface area contributed by atoms with Gasteiger partial charge in [-0.1, -0.05) is 51.1 Å². The minimum Gasteiger partial charge on any atom is -0.394 e. The van der Waals surface area contributed by atoms with Gasteiger partial charge < -0.3 is 15.6 Å². The summed E-state index contributed by atoms with van der Waals surface area (Å²) in [5.74, 6) is 0.678. The second-order valence-corrected chi connectivity index (χ2v) is 7.53. The lowest BCUT2D eigenvalue weighted by molar-refractivity contribution is -0.0500. The van der Waals surface area contributed by atoms with Crippen LogP contribution < -0.4 is 5.73 Å². The van der Waals surface area contributed by atoms with E-state index in [1.807, 2.05) is 30.3 Å². The van der Waals surface area contributed by atoms with E-state index < -0.39 is 5.54 Å². The molecule has 1 aliphatic rings. The number of hydrogen-bond donors (Lipinski definition) is 2. The Morgan fingerprint density at radius 2 is 1.95 bits per heavy atom. The van der Waals surface area contributed by atoms with E-state index in [0.717, 1.165) is 18.4 Å². The molecule has 3 nitrogen and oxygen atoms in total. The Morgan fingerprint density at radius 1 is 1.29 bits per heavy atom. The molecule has 3 N–H and O–H groups in total. The third kappa shape index (κ3) is 4.29. The van der Waals surface area contributed by atoms with Crippen molar-refractivity contribution in [2.24, 2.45) is 17.1 Å². The first-order chi connectivity index (χ1) is 9.85. The van der Waals surface area contributed by atoms with E-state index in [4.69, 9.17) is 10.5 Å². The second kappa shape index (κ2) is 6.47. The molecule has 0 heterocycles. The Labute approximate surface area is 128 Å². The molecule has 0 amide bonds. The van der Waals surface area contributed by atoms with E-state index in [1.165, 1.54) is 6.42 Å². The largest absolute Gasteiger partial charge is 0.394 e. The molecule has 1 aromatic rings. The van der Waals surface area contributed by atoms with Crippen molar-refractivity contribution >= 4 is 0 Å². The number of ether oxygens (including phenoxy) is 1. The molecule has 0 aromatic heterocycles. The zero-order valence-corrected chi connectivity index (χ0v) is 13.5. The Bertz CT molecular complexity index is 446. The third-order valence-electron chi connectivity index (χ3n) is 4.55. The molecule has 0 saturated heterocycles. The van der Waals surface area contributed by atoms with Gasteiger partial charge in [0.15, 0.2) is 0 Å². The minimum atomic E-state index is -0.813. The summed E-state index contributed by atoms with van der Waals surface area (Å²) in [5.41, 5.74) is 6.80. The van der Waals surface area contributed by atoms with Crippen LogP contribution in [0.4, 0.5) is 0 Å². The summed E-state index contributed by atoms with van der Waals surface area (Å²) in [6, 6.07) is 9.74. The van der Waals surface area contributed by atoms with E-state index in [2.05, 4.69) is 20.8 Å². The highest BCUT2D eigenvalue weighted by molar-refractivity contribution is 5.24. The van der Waals surface area contributed by atoms with Crippen LogP contribution in [0.3, 0.4) is 0 Å². The first kappa shape index (κ1) is 16.5. The third-order valence-corrected chi connectivity index (χ3v) is 4.55. The number of rotatable bonds is 5. The Hall–Kier alpha value is -0.900. The van der Waals surface area contributed by atoms with E-state index in [1.54, 1.807) is 0 Å². The first-order valence-corrected chi connectivity index (χ1v) is 7.91. The lowest BCUT2D eigenvalue weighted by Crippen LogP contribution is -2.47. The van der Waals surface area contributed by atoms with Crippen LogP contribution in [0.2, 0.25) is 0 Å². The summed E-state index contributed by atoms with van der Waals surface area (Å²) in [4.78, 5) is 0. The van der Waals surface area contributed by atoms with Gasteiger partial charge in [-0.2, -0.15) is 0 Å². The molecule has 118 valence electrons. The summed E-state index contributed by atoms with van der Waals surface area (Å²) in [6.45, 7) is 7.15. The molecule has 1 fully saturated rings. The molecular weight excluding hydrogens is 262 g/mol. The standard InChI is InChI=1S/C18H29NO2/c1-14-9-16(11-17(2,3)10-14)21-13-18(19,12-20)15-7-5-4-6-8-15/h4-8,14,16,20H,9-13,19H2,1-3H3. The van der Waals surface area contributed by atoms with Gasteiger partial charge >= 0.3 is 0 Å². The molecule has 1 aliphatic carbocycles. The molecule has 3 atom stereocenters. The van der Waals surface area contributed by atoms with Gasteiger partial charge in [-0.25, -0.2) is 0 Å². The topological polar surface area (TPSA) is 55.5 Å². The van der Waals surface area contributed by atoms with Crippen molar-refractivity contribution in [2.45, 2.75) is 51.7 Å². The fraction of sp³-hybridized carbons (Fsp3) is 0.667. The maximum Gasteiger partial charge on any atom is 0.0881 e. The first-order valence-electron chi connectivity index (χ1n) is 7.91. The normalized spacial score (nSPS) is 28.0. The van der Waals surface area contributed by atoms with Crippen molar-refractivity contribution in [2.75, 3.05) is 13.2 Å². The quantitative estimate of drug-likeness (QED) is 0.876. The molecule has 1 saturated carbocycles. The van der Waals surface area contributed by atoms with Gasteiger partial charge in [-0.05, 0) is 36.2 Å². The number of aliphatic hydroxyl groups is 1. The Morgan fingerprint density at radius 3 is 2.52 bits per heavy atom. The number of hydrogen-bond acceptors (Lipinski definition) is 3. The molecule has 0 aliphatic heterocycles. The van der Waals surface area contributed by atoms with Crippen LogP contribution in [0.5, 0.6) is 0 Å². The van der Waals surface area contributed by atoms with Crippen LogP contribution >= 0.6 is 0 Å². The zero-order valence-electron chi connectivity index (χ0n) is 13.5. The van der Waals surface area contributed by atoms with Crippen molar-refractivity contribution in [3.63, 3.8) is 0 Å². The molecule has 0 spiro atoms. The lowest BCUT2D eigenvalue weighted by Gasteiger charge is -2.40. The average molecular weight is 291 g/mol. The van der Waals surface area contributed by atoms with Crippen molar-refractivity contribution in [3.8, 4) is 0 Å². The Balaban J connectivity index is 2.00. The van der Waals surface area contributed by atoms with Crippen LogP contribution in [0, 0.1) is 11.3 Å². The van der Waals surface area contributed by atoms with E-state index in [0.29, 0.717) is 17.9 Å². The summed E-state index contributed by atoms with van der Waals surface area (Å²) in [7, 11) is 0. The molecule has 0 radical (unpaired) electrons. The van der Waals surface area contributed by atoms with Crippen LogP contribution in [0.15, 0.2) is 30.3 Å². The molecular formula is C18H29NO2. The maximum atomic E-state index is 9.72. The summed E-state index contributed by atoms with van der Waals surface area (Å²) in [6.07, 6.45) is 3.63. The van der Waals surface area contributed by atoms with E-state index in [9.17, 15) is 5.11 Å². The highest BCUT2D eigenvalue weighted by Crippen LogP contribution is 2.40. The number of nitrogens with two attached hydrogens (primary N) is 1. The smallest absolute Gasteiger partial charge is 0.0881 e. The number of benzene rings is 1. The van der Waals surface area contributed by atoms with Gasteiger partial charge in [0.25, 0.3) is 0 Å². The molecule has 1 aromatic carbocycles. The van der Waals surface area contributed by atoms with Gasteiger partial charge in [-0.3, -0.25) is 0 Å². The molecule has 2 rings (SSSR count). The van der Waals surface area contributed by atoms with Gasteiger partial charge in [0.1, 0.15) is 0 Å². The fourth-order valence-corrected chi connectivity index (χ4v) is 3.64. The van der Waals surface area contributed by atoms with Crippen LogP contribution in [-0.2, 0) is 10.3 Å². The van der Waals surface area contributed by atoms with Crippen molar-refractivity contribution in [1.82, 2.24) is 0 Å². The second-order valence-electron chi connectivity index (χ2n) is 7.53. The molecule has 0 bridgehead atoms. The van der Waals surface area contributed by atoms with Gasteiger partial charge in [-0.15, -0.1) is 0 Å². The maximum absolute atomic E-state index is 9.72. The van der Waals surface area contributed by atoms with Crippen molar-refractivity contribution in [3.05, 3.63) is 35.9 Å². The summed E-state index contributed by atoms with van der Waals surface area (Å²) < 4.78 is 6.11. The van der Waals surface area contributed by atoms with E-state index >= 15 is 0 Å². The lowest BCUT2D eigenvalue weighted by atomic mass is 9.71. The van der Waals surface area contributed by atoms with Gasteiger partial charge in [0, 0.05) is 0 Å². The Kier molecular flexibility index (Phi) is 5.07. The van der Waals surface area contributed by atoms with E-state index in [-0.39, 0.29) is 12.7 Å². The van der Waals surface area contributed by atoms with Crippen LogP contribution in [0.1, 0.15) is 45.6 Å². The molecule has 3 heteroatoms. The molecule has 21 heavy (non-hydrogen) atoms. The highest BCUT2D eigenvalue weighted by Gasteiger charge is 2.34. The summed E-state index contributed by atoms with van der Waals surface area (Å²) >= 11 is 0. The average Bonchev–Trinajstić information content (AvgIpc) is 2.44. The zero-order chi connectivity index (χ0) is 15.5. The van der Waals surface area contributed by atoms with Crippen molar-refractivity contribution < 1.29 is 9.84 Å². The SMILES string of the molecule is CC1CC(OCC(N)(CO)c2ccccc2)CC(C)(C)C1. The summed E-state index contributed by atoms with van der Waals surface area (Å²) in [5, 5.41) is 9.72. The number of aliphatic hydroxyl groups excluding tert-OH is 1. The monoisotopic (exact) mass is 291 g/mol. The van der Waals surface area contributed by atoms with Crippen molar-refractivity contribution in [1.29, 1.82) is 0 Å².